The summed E-state index contributed by atoms with van der Waals surface area (Å²) in [5.41, 5.74) is -0.538. The van der Waals surface area contributed by atoms with E-state index in [-0.39, 0.29) is 18.1 Å². The van der Waals surface area contributed by atoms with Crippen molar-refractivity contribution in [3.8, 4) is 5.75 Å². The molecule has 0 unspecified atom stereocenters. The Bertz CT molecular complexity index is 758. The lowest BCUT2D eigenvalue weighted by Gasteiger charge is -2.28. The van der Waals surface area contributed by atoms with Gasteiger partial charge in [0.1, 0.15) is 11.5 Å². The fourth-order valence-corrected chi connectivity index (χ4v) is 2.79. The van der Waals surface area contributed by atoms with E-state index < -0.39 is 17.1 Å². The topological polar surface area (TPSA) is 93.1 Å². The molecule has 1 fully saturated rings. The van der Waals surface area contributed by atoms with Gasteiger partial charge in [-0.1, -0.05) is 0 Å². The van der Waals surface area contributed by atoms with E-state index in [2.05, 4.69) is 0 Å². The number of nitrogens with zero attached hydrogens (tertiary/aromatic N) is 1. The van der Waals surface area contributed by atoms with Crippen LogP contribution < -0.4 is 5.43 Å². The summed E-state index contributed by atoms with van der Waals surface area (Å²) >= 11 is 0. The van der Waals surface area contributed by atoms with Crippen molar-refractivity contribution in [2.75, 3.05) is 26.3 Å². The Balaban J connectivity index is 1.93. The fourth-order valence-electron chi connectivity index (χ4n) is 2.79. The van der Waals surface area contributed by atoms with E-state index in [9.17, 15) is 14.7 Å². The molecular weight excluding hydrogens is 314 g/mol. The number of hydrogen-bond donors (Lipinski definition) is 1. The Labute approximate surface area is 138 Å². The highest BCUT2D eigenvalue weighted by Crippen LogP contribution is 2.33. The Morgan fingerprint density at radius 1 is 1.38 bits per heavy atom. The van der Waals surface area contributed by atoms with Crippen LogP contribution in [0, 0.1) is 6.92 Å². The van der Waals surface area contributed by atoms with Crippen molar-refractivity contribution in [3.63, 3.8) is 0 Å². The van der Waals surface area contributed by atoms with Crippen LogP contribution in [0.1, 0.15) is 29.6 Å². The van der Waals surface area contributed by atoms with Crippen molar-refractivity contribution in [1.29, 1.82) is 0 Å². The van der Waals surface area contributed by atoms with Gasteiger partial charge in [0.25, 0.3) is 0 Å². The molecular formula is C17H19NO6. The summed E-state index contributed by atoms with van der Waals surface area (Å²) in [4.78, 5) is 26.2. The summed E-state index contributed by atoms with van der Waals surface area (Å²) in [5, 5.41) is 10.1. The standard InChI is InChI=1S/C17H19NO6/c1-11-9-13(19)16(21)17(24-11)12(14-3-2-6-23-14)10-15(20)18-4-7-22-8-5-18/h2-3,6,9,12,21H,4-5,7-8,10H2,1H3/t12-/m1/s1. The van der Waals surface area contributed by atoms with Crippen LogP contribution in [-0.2, 0) is 9.53 Å². The number of aryl methyl sites for hydroxylation is 1. The molecule has 3 heterocycles. The van der Waals surface area contributed by atoms with Crippen molar-refractivity contribution in [2.45, 2.75) is 19.3 Å². The van der Waals surface area contributed by atoms with E-state index in [1.807, 2.05) is 0 Å². The molecule has 0 spiro atoms. The predicted octanol–water partition coefficient (Wildman–Crippen LogP) is 1.63. The van der Waals surface area contributed by atoms with Crippen molar-refractivity contribution in [1.82, 2.24) is 4.90 Å². The second-order valence-corrected chi connectivity index (χ2v) is 5.70. The first-order valence-corrected chi connectivity index (χ1v) is 7.79. The number of furan rings is 1. The molecule has 2 aromatic heterocycles. The van der Waals surface area contributed by atoms with Gasteiger partial charge < -0.3 is 23.6 Å². The molecule has 0 aromatic carbocycles. The number of carbonyl (C=O) groups excluding carboxylic acids is 1. The van der Waals surface area contributed by atoms with Crippen molar-refractivity contribution < 1.29 is 23.5 Å². The van der Waals surface area contributed by atoms with Crippen LogP contribution in [-0.4, -0.2) is 42.2 Å². The molecule has 0 saturated carbocycles. The Hall–Kier alpha value is -2.54. The molecule has 1 atom stereocenters. The van der Waals surface area contributed by atoms with E-state index in [0.29, 0.717) is 37.8 Å². The Morgan fingerprint density at radius 2 is 2.12 bits per heavy atom. The van der Waals surface area contributed by atoms with Crippen LogP contribution >= 0.6 is 0 Å². The van der Waals surface area contributed by atoms with Gasteiger partial charge in [0.05, 0.1) is 25.4 Å². The van der Waals surface area contributed by atoms with Crippen LogP contribution in [0.3, 0.4) is 0 Å². The van der Waals surface area contributed by atoms with Gasteiger partial charge in [-0.2, -0.15) is 0 Å². The molecule has 1 aliphatic heterocycles. The number of morpholine rings is 1. The first-order valence-electron chi connectivity index (χ1n) is 7.79. The summed E-state index contributed by atoms with van der Waals surface area (Å²) in [6, 6.07) is 4.59. The fraction of sp³-hybridized carbons (Fsp3) is 0.412. The largest absolute Gasteiger partial charge is 0.502 e. The Kier molecular flexibility index (Phi) is 4.71. The summed E-state index contributed by atoms with van der Waals surface area (Å²) in [6.07, 6.45) is 1.51. The minimum absolute atomic E-state index is 0.0352. The molecule has 7 nitrogen and oxygen atoms in total. The normalized spacial score (nSPS) is 16.1. The number of hydrogen-bond acceptors (Lipinski definition) is 6. The van der Waals surface area contributed by atoms with Crippen LogP contribution in [0.5, 0.6) is 5.75 Å². The minimum Gasteiger partial charge on any atom is -0.502 e. The SMILES string of the molecule is Cc1cc(=O)c(O)c([C@H](CC(=O)N2CCOCC2)c2ccco2)o1. The first-order chi connectivity index (χ1) is 11.6. The van der Waals surface area contributed by atoms with E-state index in [4.69, 9.17) is 13.6 Å². The van der Waals surface area contributed by atoms with E-state index >= 15 is 0 Å². The number of amides is 1. The van der Waals surface area contributed by atoms with E-state index in [1.165, 1.54) is 12.3 Å². The van der Waals surface area contributed by atoms with Crippen LogP contribution in [0.2, 0.25) is 0 Å². The first kappa shape index (κ1) is 16.3. The molecule has 0 aliphatic carbocycles. The van der Waals surface area contributed by atoms with Crippen LogP contribution in [0.15, 0.2) is 38.1 Å². The summed E-state index contributed by atoms with van der Waals surface area (Å²) in [5.74, 6) is -0.386. The maximum atomic E-state index is 12.6. The minimum atomic E-state index is -0.664. The van der Waals surface area contributed by atoms with Gasteiger partial charge in [0.15, 0.2) is 5.76 Å². The van der Waals surface area contributed by atoms with Gasteiger partial charge in [0, 0.05) is 25.6 Å². The highest BCUT2D eigenvalue weighted by molar-refractivity contribution is 5.77. The average Bonchev–Trinajstić information content (AvgIpc) is 3.11. The zero-order chi connectivity index (χ0) is 17.1. The number of rotatable bonds is 4. The third kappa shape index (κ3) is 3.35. The zero-order valence-corrected chi connectivity index (χ0v) is 13.4. The van der Waals surface area contributed by atoms with Gasteiger partial charge in [-0.05, 0) is 19.1 Å². The molecule has 1 amide bonds. The molecule has 1 aliphatic rings. The molecule has 1 N–H and O–H groups in total. The second-order valence-electron chi connectivity index (χ2n) is 5.70. The second kappa shape index (κ2) is 6.92. The number of aromatic hydroxyl groups is 1. The van der Waals surface area contributed by atoms with Gasteiger partial charge in [0.2, 0.25) is 17.1 Å². The van der Waals surface area contributed by atoms with Gasteiger partial charge in [-0.15, -0.1) is 0 Å². The quantitative estimate of drug-likeness (QED) is 0.914. The van der Waals surface area contributed by atoms with E-state index in [1.54, 1.807) is 24.0 Å². The molecule has 0 bridgehead atoms. The van der Waals surface area contributed by atoms with Crippen LogP contribution in [0.25, 0.3) is 0 Å². The smallest absolute Gasteiger partial charge is 0.227 e. The predicted molar refractivity (Wildman–Crippen MR) is 83.9 cm³/mol. The van der Waals surface area contributed by atoms with Crippen molar-refractivity contribution in [2.24, 2.45) is 0 Å². The van der Waals surface area contributed by atoms with Gasteiger partial charge in [-0.3, -0.25) is 9.59 Å². The van der Waals surface area contributed by atoms with Crippen molar-refractivity contribution >= 4 is 5.91 Å². The lowest BCUT2D eigenvalue weighted by Crippen LogP contribution is -2.41. The monoisotopic (exact) mass is 333 g/mol. The van der Waals surface area contributed by atoms with Crippen molar-refractivity contribution in [3.05, 3.63) is 52.0 Å². The zero-order valence-electron chi connectivity index (χ0n) is 13.4. The number of ether oxygens (including phenoxy) is 1. The summed E-state index contributed by atoms with van der Waals surface area (Å²) in [7, 11) is 0. The maximum Gasteiger partial charge on any atom is 0.227 e. The average molecular weight is 333 g/mol. The molecule has 7 heteroatoms. The summed E-state index contributed by atoms with van der Waals surface area (Å²) < 4.78 is 16.2. The molecule has 0 radical (unpaired) electrons. The Morgan fingerprint density at radius 3 is 2.79 bits per heavy atom. The molecule has 2 aromatic rings. The molecule has 24 heavy (non-hydrogen) atoms. The van der Waals surface area contributed by atoms with Gasteiger partial charge >= 0.3 is 0 Å². The van der Waals surface area contributed by atoms with Crippen LogP contribution in [0.4, 0.5) is 0 Å². The highest BCUT2D eigenvalue weighted by atomic mass is 16.5. The van der Waals surface area contributed by atoms with E-state index in [0.717, 1.165) is 0 Å². The third-order valence-electron chi connectivity index (χ3n) is 4.02. The number of carbonyl (C=O) groups is 1. The third-order valence-corrected chi connectivity index (χ3v) is 4.02. The lowest BCUT2D eigenvalue weighted by atomic mass is 9.97. The van der Waals surface area contributed by atoms with Gasteiger partial charge in [-0.25, -0.2) is 0 Å². The summed E-state index contributed by atoms with van der Waals surface area (Å²) in [6.45, 7) is 3.66. The highest BCUT2D eigenvalue weighted by Gasteiger charge is 2.30. The molecule has 128 valence electrons. The lowest BCUT2D eigenvalue weighted by molar-refractivity contribution is -0.135. The molecule has 1 saturated heterocycles. The molecule has 3 rings (SSSR count). The maximum absolute atomic E-state index is 12.6.